The first-order chi connectivity index (χ1) is 14.8. The Morgan fingerprint density at radius 2 is 1.74 bits per heavy atom. The van der Waals surface area contributed by atoms with Crippen LogP contribution in [0.15, 0.2) is 24.3 Å². The molecule has 0 spiro atoms. The molecule has 2 aromatic rings. The second-order valence-electron chi connectivity index (χ2n) is 8.40. The number of piperidine rings is 1. The highest BCUT2D eigenvalue weighted by atomic mass is 16.5. The molecule has 0 unspecified atom stereocenters. The van der Waals surface area contributed by atoms with Gasteiger partial charge in [-0.25, -0.2) is 9.97 Å². The van der Waals surface area contributed by atoms with Crippen LogP contribution in [0.25, 0.3) is 0 Å². The Balaban J connectivity index is 1.69. The number of aryl methyl sites for hydroxylation is 2. The van der Waals surface area contributed by atoms with Gasteiger partial charge in [-0.3, -0.25) is 9.59 Å². The maximum Gasteiger partial charge on any atom is 0.227 e. The van der Waals surface area contributed by atoms with Gasteiger partial charge in [0.05, 0.1) is 20.0 Å². The summed E-state index contributed by atoms with van der Waals surface area (Å²) in [6, 6.07) is 7.62. The zero-order valence-electron chi connectivity index (χ0n) is 19.1. The van der Waals surface area contributed by atoms with E-state index in [2.05, 4.69) is 0 Å². The highest BCUT2D eigenvalue weighted by molar-refractivity contribution is 5.79. The van der Waals surface area contributed by atoms with Crippen LogP contribution in [-0.4, -0.2) is 65.9 Å². The molecule has 1 fully saturated rings. The van der Waals surface area contributed by atoms with Gasteiger partial charge in [-0.2, -0.15) is 0 Å². The largest absolute Gasteiger partial charge is 0.497 e. The van der Waals surface area contributed by atoms with Crippen molar-refractivity contribution in [2.75, 3.05) is 34.3 Å². The zero-order valence-corrected chi connectivity index (χ0v) is 19.1. The van der Waals surface area contributed by atoms with Crippen LogP contribution in [0.5, 0.6) is 5.75 Å². The first-order valence-corrected chi connectivity index (χ1v) is 10.7. The standard InChI is InChI=1S/C24H32N4O3/c1-16-21(14-22(29)27(3)4)17(2)26-24(25-16)19-7-6-12-28(15-19)23(30)13-18-8-10-20(31-5)11-9-18/h8-11,19H,6-7,12-15H2,1-5H3/t19-/m0/s1. The van der Waals surface area contributed by atoms with Crippen molar-refractivity contribution in [1.29, 1.82) is 0 Å². The first-order valence-electron chi connectivity index (χ1n) is 10.7. The van der Waals surface area contributed by atoms with Crippen molar-refractivity contribution in [3.05, 3.63) is 52.6 Å². The van der Waals surface area contributed by atoms with Crippen LogP contribution in [0.1, 0.15) is 47.1 Å². The van der Waals surface area contributed by atoms with Crippen molar-refractivity contribution < 1.29 is 14.3 Å². The number of nitrogens with zero attached hydrogens (tertiary/aromatic N) is 4. The molecule has 2 amide bonds. The summed E-state index contributed by atoms with van der Waals surface area (Å²) in [4.78, 5) is 38.0. The SMILES string of the molecule is COc1ccc(CC(=O)N2CCC[C@H](c3nc(C)c(CC(=O)N(C)C)c(C)n3)C2)cc1. The Hall–Kier alpha value is -2.96. The fourth-order valence-corrected chi connectivity index (χ4v) is 3.96. The smallest absolute Gasteiger partial charge is 0.227 e. The fourth-order valence-electron chi connectivity index (χ4n) is 3.96. The lowest BCUT2D eigenvalue weighted by Gasteiger charge is -2.32. The number of likely N-dealkylation sites (N-methyl/N-ethyl adjacent to an activating group) is 1. The van der Waals surface area contributed by atoms with E-state index in [0.717, 1.165) is 53.5 Å². The van der Waals surface area contributed by atoms with Gasteiger partial charge in [0.15, 0.2) is 0 Å². The van der Waals surface area contributed by atoms with Gasteiger partial charge in [-0.05, 0) is 44.4 Å². The van der Waals surface area contributed by atoms with Crippen LogP contribution < -0.4 is 4.74 Å². The summed E-state index contributed by atoms with van der Waals surface area (Å²) >= 11 is 0. The van der Waals surface area contributed by atoms with Gasteiger partial charge in [0.25, 0.3) is 0 Å². The Morgan fingerprint density at radius 3 is 2.32 bits per heavy atom. The topological polar surface area (TPSA) is 75.6 Å². The summed E-state index contributed by atoms with van der Waals surface area (Å²) in [6.45, 7) is 5.26. The van der Waals surface area contributed by atoms with E-state index in [4.69, 9.17) is 14.7 Å². The number of rotatable bonds is 6. The Bertz CT molecular complexity index is 917. The van der Waals surface area contributed by atoms with Crippen LogP contribution in [0.2, 0.25) is 0 Å². The van der Waals surface area contributed by atoms with E-state index in [1.807, 2.05) is 43.0 Å². The number of benzene rings is 1. The molecule has 1 aromatic carbocycles. The van der Waals surface area contributed by atoms with E-state index in [9.17, 15) is 9.59 Å². The molecule has 0 N–H and O–H groups in total. The van der Waals surface area contributed by atoms with Gasteiger partial charge in [0.1, 0.15) is 11.6 Å². The average molecular weight is 425 g/mol. The molecule has 0 bridgehead atoms. The van der Waals surface area contributed by atoms with Crippen molar-refractivity contribution in [2.45, 2.75) is 45.4 Å². The van der Waals surface area contributed by atoms with E-state index in [1.54, 1.807) is 26.1 Å². The summed E-state index contributed by atoms with van der Waals surface area (Å²) in [5.41, 5.74) is 3.57. The quantitative estimate of drug-likeness (QED) is 0.713. The van der Waals surface area contributed by atoms with Crippen molar-refractivity contribution in [1.82, 2.24) is 19.8 Å². The molecule has 166 valence electrons. The minimum Gasteiger partial charge on any atom is -0.497 e. The molecular weight excluding hydrogens is 392 g/mol. The van der Waals surface area contributed by atoms with Gasteiger partial charge in [-0.15, -0.1) is 0 Å². The number of aromatic nitrogens is 2. The van der Waals surface area contributed by atoms with E-state index in [1.165, 1.54) is 0 Å². The number of likely N-dealkylation sites (tertiary alicyclic amines) is 1. The van der Waals surface area contributed by atoms with Crippen molar-refractivity contribution in [3.63, 3.8) is 0 Å². The predicted molar refractivity (Wildman–Crippen MR) is 119 cm³/mol. The second kappa shape index (κ2) is 9.90. The lowest BCUT2D eigenvalue weighted by atomic mass is 9.95. The van der Waals surface area contributed by atoms with Crippen LogP contribution in [0, 0.1) is 13.8 Å². The molecule has 31 heavy (non-hydrogen) atoms. The molecule has 1 aliphatic rings. The van der Waals surface area contributed by atoms with Crippen LogP contribution in [0.3, 0.4) is 0 Å². The van der Waals surface area contributed by atoms with E-state index < -0.39 is 0 Å². The molecule has 0 aliphatic carbocycles. The van der Waals surface area contributed by atoms with Crippen LogP contribution in [-0.2, 0) is 22.4 Å². The molecule has 0 radical (unpaired) electrons. The number of carbonyl (C=O) groups is 2. The number of hydrogen-bond donors (Lipinski definition) is 0. The minimum absolute atomic E-state index is 0.0375. The molecule has 2 heterocycles. The van der Waals surface area contributed by atoms with E-state index >= 15 is 0 Å². The summed E-state index contributed by atoms with van der Waals surface area (Å²) in [5.74, 6) is 1.84. The van der Waals surface area contributed by atoms with E-state index in [-0.39, 0.29) is 17.7 Å². The average Bonchev–Trinajstić information content (AvgIpc) is 2.76. The van der Waals surface area contributed by atoms with Gasteiger partial charge in [0, 0.05) is 50.1 Å². The molecule has 7 heteroatoms. The maximum absolute atomic E-state index is 12.9. The van der Waals surface area contributed by atoms with Crippen molar-refractivity contribution in [2.24, 2.45) is 0 Å². The monoisotopic (exact) mass is 424 g/mol. The molecule has 1 atom stereocenters. The van der Waals surface area contributed by atoms with E-state index in [0.29, 0.717) is 19.4 Å². The van der Waals surface area contributed by atoms with Gasteiger partial charge in [0.2, 0.25) is 11.8 Å². The second-order valence-corrected chi connectivity index (χ2v) is 8.40. The summed E-state index contributed by atoms with van der Waals surface area (Å²) in [6.07, 6.45) is 2.58. The van der Waals surface area contributed by atoms with Crippen LogP contribution in [0.4, 0.5) is 0 Å². The van der Waals surface area contributed by atoms with Crippen molar-refractivity contribution >= 4 is 11.8 Å². The lowest BCUT2D eigenvalue weighted by molar-refractivity contribution is -0.131. The molecular formula is C24H32N4O3. The van der Waals surface area contributed by atoms with Crippen molar-refractivity contribution in [3.8, 4) is 5.75 Å². The Morgan fingerprint density at radius 1 is 1.10 bits per heavy atom. The normalized spacial score (nSPS) is 16.2. The third kappa shape index (κ3) is 5.60. The number of hydrogen-bond acceptors (Lipinski definition) is 5. The van der Waals surface area contributed by atoms with Crippen LogP contribution >= 0.6 is 0 Å². The number of methoxy groups -OCH3 is 1. The summed E-state index contributed by atoms with van der Waals surface area (Å²) in [7, 11) is 5.13. The Labute approximate surface area is 184 Å². The van der Waals surface area contributed by atoms with Gasteiger partial charge < -0.3 is 14.5 Å². The summed E-state index contributed by atoms with van der Waals surface area (Å²) < 4.78 is 5.18. The fraction of sp³-hybridized carbons (Fsp3) is 0.500. The third-order valence-corrected chi connectivity index (χ3v) is 5.92. The molecule has 1 aliphatic heterocycles. The molecule has 1 saturated heterocycles. The number of carbonyl (C=O) groups excluding carboxylic acids is 2. The number of ether oxygens (including phenoxy) is 1. The highest BCUT2D eigenvalue weighted by Gasteiger charge is 2.27. The molecule has 7 nitrogen and oxygen atoms in total. The third-order valence-electron chi connectivity index (χ3n) is 5.92. The molecule has 1 aromatic heterocycles. The maximum atomic E-state index is 12.9. The van der Waals surface area contributed by atoms with Gasteiger partial charge >= 0.3 is 0 Å². The predicted octanol–water partition coefficient (Wildman–Crippen LogP) is 2.68. The lowest BCUT2D eigenvalue weighted by Crippen LogP contribution is -2.40. The summed E-state index contributed by atoms with van der Waals surface area (Å²) in [5, 5.41) is 0. The minimum atomic E-state index is 0.0375. The number of amides is 2. The van der Waals surface area contributed by atoms with Gasteiger partial charge in [-0.1, -0.05) is 12.1 Å². The molecule has 3 rings (SSSR count). The highest BCUT2D eigenvalue weighted by Crippen LogP contribution is 2.27. The molecule has 0 saturated carbocycles. The Kier molecular flexibility index (Phi) is 7.25. The first kappa shape index (κ1) is 22.7. The zero-order chi connectivity index (χ0) is 22.5.